The van der Waals surface area contributed by atoms with Gasteiger partial charge in [0.05, 0.1) is 19.7 Å². The van der Waals surface area contributed by atoms with Crippen LogP contribution in [0.4, 0.5) is 0 Å². The number of amides is 1. The van der Waals surface area contributed by atoms with Crippen LogP contribution in [-0.2, 0) is 6.54 Å². The van der Waals surface area contributed by atoms with Crippen molar-refractivity contribution in [2.75, 3.05) is 13.7 Å². The Kier molecular flexibility index (Phi) is 4.61. The Morgan fingerprint density at radius 2 is 2.20 bits per heavy atom. The highest BCUT2D eigenvalue weighted by Crippen LogP contribution is 2.27. The third-order valence-corrected chi connectivity index (χ3v) is 4.42. The third-order valence-electron chi connectivity index (χ3n) is 4.42. The number of aromatic amines is 1. The number of aryl methyl sites for hydroxylation is 1. The van der Waals surface area contributed by atoms with Crippen LogP contribution in [0.3, 0.4) is 0 Å². The van der Waals surface area contributed by atoms with E-state index in [-0.39, 0.29) is 28.8 Å². The lowest BCUT2D eigenvalue weighted by molar-refractivity contribution is 0.0654. The Morgan fingerprint density at radius 3 is 2.84 bits per heavy atom. The van der Waals surface area contributed by atoms with Gasteiger partial charge < -0.3 is 19.2 Å². The minimum Gasteiger partial charge on any atom is -0.491 e. The Balaban J connectivity index is 1.89. The maximum Gasteiger partial charge on any atom is 0.270 e. The summed E-state index contributed by atoms with van der Waals surface area (Å²) in [5.41, 5.74) is -0.0712. The van der Waals surface area contributed by atoms with Crippen molar-refractivity contribution in [1.29, 1.82) is 0 Å². The maximum absolute atomic E-state index is 12.9. The molecule has 0 spiro atoms. The second-order valence-corrected chi connectivity index (χ2v) is 6.78. The fraction of sp³-hybridized carbons (Fsp3) is 0.529. The first kappa shape index (κ1) is 17.2. The Hall–Kier alpha value is -2.64. The van der Waals surface area contributed by atoms with Gasteiger partial charge >= 0.3 is 0 Å². The van der Waals surface area contributed by atoms with Crippen LogP contribution in [0.25, 0.3) is 0 Å². The van der Waals surface area contributed by atoms with E-state index in [0.29, 0.717) is 19.0 Å². The van der Waals surface area contributed by atoms with Crippen LogP contribution in [-0.4, -0.2) is 44.2 Å². The molecule has 0 radical (unpaired) electrons. The molecular weight excluding hydrogens is 322 g/mol. The van der Waals surface area contributed by atoms with Crippen molar-refractivity contribution in [3.63, 3.8) is 0 Å². The molecule has 0 saturated heterocycles. The number of H-pyrrole nitrogens is 1. The minimum atomic E-state index is -0.320. The van der Waals surface area contributed by atoms with Gasteiger partial charge in [0.15, 0.2) is 11.6 Å². The van der Waals surface area contributed by atoms with Crippen molar-refractivity contribution in [1.82, 2.24) is 24.6 Å². The van der Waals surface area contributed by atoms with Gasteiger partial charge in [0.1, 0.15) is 11.5 Å². The summed E-state index contributed by atoms with van der Waals surface area (Å²) in [6, 6.07) is 1.41. The maximum atomic E-state index is 12.9. The number of nitrogens with zero attached hydrogens (tertiary/aromatic N) is 4. The predicted octanol–water partition coefficient (Wildman–Crippen LogP) is 1.53. The van der Waals surface area contributed by atoms with E-state index >= 15 is 0 Å². The van der Waals surface area contributed by atoms with Crippen LogP contribution in [0.15, 0.2) is 17.1 Å². The molecule has 8 nitrogen and oxygen atoms in total. The molecule has 0 saturated carbocycles. The molecule has 0 bridgehead atoms. The van der Waals surface area contributed by atoms with Crippen molar-refractivity contribution < 1.29 is 9.53 Å². The zero-order valence-corrected chi connectivity index (χ0v) is 14.9. The number of carbonyl (C=O) groups excluding carboxylic acids is 1. The predicted molar refractivity (Wildman–Crippen MR) is 91.6 cm³/mol. The fourth-order valence-electron chi connectivity index (χ4n) is 3.36. The number of methoxy groups -OCH3 is 1. The molecule has 2 aromatic rings. The smallest absolute Gasteiger partial charge is 0.270 e. The highest BCUT2D eigenvalue weighted by Gasteiger charge is 2.31. The molecule has 25 heavy (non-hydrogen) atoms. The second kappa shape index (κ2) is 6.70. The third kappa shape index (κ3) is 3.29. The Labute approximate surface area is 145 Å². The number of fused-ring (bicyclic) bond motifs is 1. The fourth-order valence-corrected chi connectivity index (χ4v) is 3.36. The van der Waals surface area contributed by atoms with Gasteiger partial charge in [0.25, 0.3) is 5.91 Å². The van der Waals surface area contributed by atoms with Crippen molar-refractivity contribution in [3.8, 4) is 5.75 Å². The van der Waals surface area contributed by atoms with E-state index in [4.69, 9.17) is 4.74 Å². The molecular formula is C17H23N5O3. The average Bonchev–Trinajstić information content (AvgIpc) is 2.95. The largest absolute Gasteiger partial charge is 0.491 e. The number of carbonyl (C=O) groups is 1. The van der Waals surface area contributed by atoms with E-state index in [1.165, 1.54) is 19.4 Å². The molecule has 134 valence electrons. The Bertz CT molecular complexity index is 839. The van der Waals surface area contributed by atoms with Crippen LogP contribution in [0.2, 0.25) is 0 Å². The van der Waals surface area contributed by atoms with Crippen LogP contribution >= 0.6 is 0 Å². The summed E-state index contributed by atoms with van der Waals surface area (Å²) in [5, 5.41) is 8.37. The van der Waals surface area contributed by atoms with Crippen LogP contribution in [0, 0.1) is 12.8 Å². The number of rotatable bonds is 4. The van der Waals surface area contributed by atoms with Gasteiger partial charge in [0.2, 0.25) is 5.43 Å². The summed E-state index contributed by atoms with van der Waals surface area (Å²) >= 11 is 0. The second-order valence-electron chi connectivity index (χ2n) is 6.78. The van der Waals surface area contributed by atoms with Gasteiger partial charge in [-0.3, -0.25) is 9.59 Å². The quantitative estimate of drug-likeness (QED) is 0.907. The van der Waals surface area contributed by atoms with Crippen molar-refractivity contribution in [3.05, 3.63) is 39.8 Å². The normalized spacial score (nSPS) is 16.8. The number of hydrogen-bond acceptors (Lipinski definition) is 5. The molecule has 0 aliphatic carbocycles. The molecule has 1 aliphatic rings. The lowest BCUT2D eigenvalue weighted by Gasteiger charge is -2.35. The molecule has 1 amide bonds. The topological polar surface area (TPSA) is 93.1 Å². The molecule has 3 heterocycles. The van der Waals surface area contributed by atoms with Gasteiger partial charge in [-0.1, -0.05) is 13.8 Å². The number of aromatic nitrogens is 4. The van der Waals surface area contributed by atoms with Crippen LogP contribution in [0.1, 0.15) is 48.4 Å². The molecule has 3 rings (SSSR count). The van der Waals surface area contributed by atoms with E-state index < -0.39 is 0 Å². The Morgan fingerprint density at radius 1 is 1.44 bits per heavy atom. The first-order valence-corrected chi connectivity index (χ1v) is 8.37. The number of pyridine rings is 1. The first-order chi connectivity index (χ1) is 11.9. The number of nitrogens with one attached hydrogen (secondary N) is 1. The van der Waals surface area contributed by atoms with Crippen LogP contribution in [0.5, 0.6) is 5.75 Å². The summed E-state index contributed by atoms with van der Waals surface area (Å²) in [6.07, 6.45) is 2.34. The van der Waals surface area contributed by atoms with E-state index in [1.807, 2.05) is 6.92 Å². The molecule has 2 aromatic heterocycles. The summed E-state index contributed by atoms with van der Waals surface area (Å²) in [4.78, 5) is 29.4. The van der Waals surface area contributed by atoms with Gasteiger partial charge in [-0.25, -0.2) is 0 Å². The zero-order valence-electron chi connectivity index (χ0n) is 14.9. The van der Waals surface area contributed by atoms with Crippen molar-refractivity contribution >= 4 is 5.91 Å². The van der Waals surface area contributed by atoms with E-state index in [9.17, 15) is 9.59 Å². The van der Waals surface area contributed by atoms with E-state index in [1.54, 1.807) is 4.90 Å². The molecule has 0 aromatic carbocycles. The number of hydrogen-bond donors (Lipinski definition) is 1. The van der Waals surface area contributed by atoms with Crippen LogP contribution < -0.4 is 10.2 Å². The summed E-state index contributed by atoms with van der Waals surface area (Å²) in [5.74, 6) is 2.09. The number of ether oxygens (including phenoxy) is 1. The summed E-state index contributed by atoms with van der Waals surface area (Å²) in [7, 11) is 1.42. The monoisotopic (exact) mass is 345 g/mol. The highest BCUT2D eigenvalue weighted by molar-refractivity contribution is 5.92. The minimum absolute atomic E-state index is 0.132. The molecule has 0 fully saturated rings. The highest BCUT2D eigenvalue weighted by atomic mass is 16.5. The molecule has 1 atom stereocenters. The standard InChI is InChI=1S/C17H23N5O3/c1-10(2)5-12-8-21(9-16-20-19-11(3)22(12)16)17(24)13-6-14(23)15(25-4)7-18-13/h6-7,10,12H,5,8-9H2,1-4H3,(H,18,23)/t12-/m0/s1. The molecule has 0 unspecified atom stereocenters. The van der Waals surface area contributed by atoms with Gasteiger partial charge in [-0.2, -0.15) is 0 Å². The van der Waals surface area contributed by atoms with Gasteiger partial charge in [-0.15, -0.1) is 10.2 Å². The summed E-state index contributed by atoms with van der Waals surface area (Å²) < 4.78 is 7.07. The van der Waals surface area contributed by atoms with Crippen molar-refractivity contribution in [2.45, 2.75) is 39.8 Å². The molecule has 8 heteroatoms. The molecule has 1 aliphatic heterocycles. The SMILES string of the molecule is COc1c[nH]c(C(=O)N2Cc3nnc(C)n3[C@@H](CC(C)C)C2)cc1=O. The zero-order chi connectivity index (χ0) is 18.1. The van der Waals surface area contributed by atoms with Crippen molar-refractivity contribution in [2.24, 2.45) is 5.92 Å². The van der Waals surface area contributed by atoms with E-state index in [2.05, 4.69) is 33.6 Å². The first-order valence-electron chi connectivity index (χ1n) is 8.37. The van der Waals surface area contributed by atoms with E-state index in [0.717, 1.165) is 18.1 Å². The van der Waals surface area contributed by atoms with Gasteiger partial charge in [0, 0.05) is 18.8 Å². The average molecular weight is 345 g/mol. The van der Waals surface area contributed by atoms with Gasteiger partial charge in [-0.05, 0) is 19.3 Å². The lowest BCUT2D eigenvalue weighted by Crippen LogP contribution is -2.42. The summed E-state index contributed by atoms with van der Waals surface area (Å²) in [6.45, 7) is 7.18. The molecule has 1 N–H and O–H groups in total. The lowest BCUT2D eigenvalue weighted by atomic mass is 10.0.